The van der Waals surface area contributed by atoms with E-state index in [9.17, 15) is 5.11 Å². The van der Waals surface area contributed by atoms with Crippen molar-refractivity contribution in [3.8, 4) is 0 Å². The van der Waals surface area contributed by atoms with Gasteiger partial charge < -0.3 is 10.0 Å². The first-order chi connectivity index (χ1) is 8.15. The van der Waals surface area contributed by atoms with Crippen LogP contribution in [0.2, 0.25) is 5.28 Å². The third-order valence-corrected chi connectivity index (χ3v) is 4.05. The van der Waals surface area contributed by atoms with Crippen molar-refractivity contribution in [3.63, 3.8) is 0 Å². The van der Waals surface area contributed by atoms with Gasteiger partial charge in [0.1, 0.15) is 5.82 Å². The molecule has 5 heteroatoms. The Morgan fingerprint density at radius 2 is 2.00 bits per heavy atom. The van der Waals surface area contributed by atoms with E-state index in [0.717, 1.165) is 37.1 Å². The molecule has 3 rings (SSSR count). The van der Waals surface area contributed by atoms with E-state index in [-0.39, 0.29) is 6.10 Å². The number of piperidine rings is 1. The molecule has 0 aliphatic carbocycles. The zero-order valence-corrected chi connectivity index (χ0v) is 10.6. The minimum absolute atomic E-state index is 0.152. The zero-order chi connectivity index (χ0) is 12.0. The number of hydrogen-bond donors (Lipinski definition) is 1. The smallest absolute Gasteiger partial charge is 0.224 e. The third-order valence-electron chi connectivity index (χ3n) is 3.87. The van der Waals surface area contributed by atoms with Gasteiger partial charge in [0.15, 0.2) is 0 Å². The predicted molar refractivity (Wildman–Crippen MR) is 66.3 cm³/mol. The van der Waals surface area contributed by atoms with Gasteiger partial charge in [-0.3, -0.25) is 0 Å². The summed E-state index contributed by atoms with van der Waals surface area (Å²) in [6.07, 6.45) is 5.59. The van der Waals surface area contributed by atoms with Gasteiger partial charge in [-0.1, -0.05) is 0 Å². The van der Waals surface area contributed by atoms with Gasteiger partial charge in [-0.05, 0) is 44.2 Å². The van der Waals surface area contributed by atoms with Crippen LogP contribution >= 0.6 is 11.6 Å². The highest BCUT2D eigenvalue weighted by molar-refractivity contribution is 6.28. The lowest BCUT2D eigenvalue weighted by Gasteiger charge is -2.38. The minimum Gasteiger partial charge on any atom is -0.393 e. The second kappa shape index (κ2) is 4.10. The summed E-state index contributed by atoms with van der Waals surface area (Å²) in [5.41, 5.74) is 1.06. The van der Waals surface area contributed by atoms with Gasteiger partial charge in [-0.2, -0.15) is 0 Å². The van der Waals surface area contributed by atoms with Crippen molar-refractivity contribution in [1.82, 2.24) is 9.97 Å². The molecule has 1 aromatic heterocycles. The second-order valence-electron chi connectivity index (χ2n) is 5.06. The summed E-state index contributed by atoms with van der Waals surface area (Å²) >= 11 is 5.88. The molecular formula is C12H16ClN3O. The molecule has 2 bridgehead atoms. The van der Waals surface area contributed by atoms with E-state index < -0.39 is 0 Å². The van der Waals surface area contributed by atoms with Crippen LogP contribution in [0.1, 0.15) is 31.2 Å². The highest BCUT2D eigenvalue weighted by Crippen LogP contribution is 2.39. The van der Waals surface area contributed by atoms with Crippen molar-refractivity contribution < 1.29 is 5.11 Å². The summed E-state index contributed by atoms with van der Waals surface area (Å²) in [4.78, 5) is 10.7. The molecule has 4 nitrogen and oxygen atoms in total. The highest BCUT2D eigenvalue weighted by Gasteiger charge is 2.41. The zero-order valence-electron chi connectivity index (χ0n) is 9.80. The summed E-state index contributed by atoms with van der Waals surface area (Å²) < 4.78 is 0. The highest BCUT2D eigenvalue weighted by atomic mass is 35.5. The molecule has 2 saturated heterocycles. The van der Waals surface area contributed by atoms with Crippen LogP contribution in [0, 0.1) is 6.92 Å². The first-order valence-electron chi connectivity index (χ1n) is 6.10. The number of aliphatic hydroxyl groups is 1. The van der Waals surface area contributed by atoms with Gasteiger partial charge >= 0.3 is 0 Å². The minimum atomic E-state index is -0.152. The van der Waals surface area contributed by atoms with Crippen LogP contribution in [-0.4, -0.2) is 33.3 Å². The van der Waals surface area contributed by atoms with Crippen molar-refractivity contribution >= 4 is 17.4 Å². The van der Waals surface area contributed by atoms with Crippen LogP contribution in [0.5, 0.6) is 0 Å². The van der Waals surface area contributed by atoms with Gasteiger partial charge in [0, 0.05) is 23.8 Å². The molecule has 1 aromatic rings. The van der Waals surface area contributed by atoms with Crippen molar-refractivity contribution in [3.05, 3.63) is 17.0 Å². The van der Waals surface area contributed by atoms with Crippen LogP contribution in [-0.2, 0) is 0 Å². The summed E-state index contributed by atoms with van der Waals surface area (Å²) in [5, 5.41) is 10.1. The molecule has 2 atom stereocenters. The molecule has 0 saturated carbocycles. The molecule has 0 amide bonds. The number of hydrogen-bond acceptors (Lipinski definition) is 4. The average Bonchev–Trinajstić information content (AvgIpc) is 2.54. The van der Waals surface area contributed by atoms with Gasteiger partial charge in [0.25, 0.3) is 0 Å². The number of aromatic nitrogens is 2. The first-order valence-corrected chi connectivity index (χ1v) is 6.48. The number of nitrogens with zero attached hydrogens (tertiary/aromatic N) is 3. The Kier molecular flexibility index (Phi) is 2.71. The predicted octanol–water partition coefficient (Wildman–Crippen LogP) is 1.93. The van der Waals surface area contributed by atoms with Crippen molar-refractivity contribution in [2.45, 2.75) is 50.8 Å². The SMILES string of the molecule is Cc1cnc(Cl)nc1N1C2CCC1CC(O)C2. The van der Waals surface area contributed by atoms with E-state index in [0.29, 0.717) is 17.4 Å². The van der Waals surface area contributed by atoms with Gasteiger partial charge in [0.05, 0.1) is 6.10 Å². The van der Waals surface area contributed by atoms with Gasteiger partial charge in [-0.25, -0.2) is 9.97 Å². The number of fused-ring (bicyclic) bond motifs is 2. The standard InChI is InChI=1S/C12H16ClN3O/c1-7-6-14-12(13)15-11(7)16-8-2-3-9(16)5-10(17)4-8/h6,8-10,17H,2-5H2,1H3. The molecule has 17 heavy (non-hydrogen) atoms. The second-order valence-corrected chi connectivity index (χ2v) is 5.40. The van der Waals surface area contributed by atoms with E-state index in [4.69, 9.17) is 11.6 Å². The molecule has 2 unspecified atom stereocenters. The summed E-state index contributed by atoms with van der Waals surface area (Å²) in [5.74, 6) is 0.949. The van der Waals surface area contributed by atoms with Crippen LogP contribution in [0.3, 0.4) is 0 Å². The van der Waals surface area contributed by atoms with Crippen LogP contribution in [0.25, 0.3) is 0 Å². The Labute approximate surface area is 106 Å². The number of rotatable bonds is 1. The number of halogens is 1. The fourth-order valence-electron chi connectivity index (χ4n) is 3.17. The molecular weight excluding hydrogens is 238 g/mol. The van der Waals surface area contributed by atoms with Crippen molar-refractivity contribution in [2.24, 2.45) is 0 Å². The molecule has 1 N–H and O–H groups in total. The van der Waals surface area contributed by atoms with Gasteiger partial charge in [-0.15, -0.1) is 0 Å². The number of anilines is 1. The number of aliphatic hydroxyl groups excluding tert-OH is 1. The van der Waals surface area contributed by atoms with Crippen molar-refractivity contribution in [2.75, 3.05) is 4.90 Å². The Hall–Kier alpha value is -0.870. The maximum atomic E-state index is 9.79. The maximum Gasteiger partial charge on any atom is 0.224 e. The van der Waals surface area contributed by atoms with E-state index >= 15 is 0 Å². The lowest BCUT2D eigenvalue weighted by Crippen LogP contribution is -2.45. The summed E-state index contributed by atoms with van der Waals surface area (Å²) in [6, 6.07) is 0.821. The van der Waals surface area contributed by atoms with Crippen LogP contribution < -0.4 is 4.90 Å². The van der Waals surface area contributed by atoms with Crippen molar-refractivity contribution in [1.29, 1.82) is 0 Å². The van der Waals surface area contributed by atoms with E-state index in [1.54, 1.807) is 6.20 Å². The fraction of sp³-hybridized carbons (Fsp3) is 0.667. The van der Waals surface area contributed by atoms with E-state index in [1.165, 1.54) is 0 Å². The summed E-state index contributed by atoms with van der Waals surface area (Å²) in [6.45, 7) is 2.01. The molecule has 0 aromatic carbocycles. The molecule has 0 radical (unpaired) electrons. The van der Waals surface area contributed by atoms with Gasteiger partial charge in [0.2, 0.25) is 5.28 Å². The first kappa shape index (κ1) is 11.2. The Bertz CT molecular complexity index is 426. The Balaban J connectivity index is 1.97. The monoisotopic (exact) mass is 253 g/mol. The lowest BCUT2D eigenvalue weighted by atomic mass is 9.99. The molecule has 2 aliphatic heterocycles. The average molecular weight is 254 g/mol. The Morgan fingerprint density at radius 1 is 1.35 bits per heavy atom. The quantitative estimate of drug-likeness (QED) is 0.777. The molecule has 0 spiro atoms. The van der Waals surface area contributed by atoms with Crippen LogP contribution in [0.15, 0.2) is 6.20 Å². The molecule has 3 heterocycles. The normalized spacial score (nSPS) is 31.9. The Morgan fingerprint density at radius 3 is 2.65 bits per heavy atom. The molecule has 2 aliphatic rings. The topological polar surface area (TPSA) is 49.2 Å². The van der Waals surface area contributed by atoms with E-state index in [2.05, 4.69) is 14.9 Å². The summed E-state index contributed by atoms with van der Waals surface area (Å²) in [7, 11) is 0. The number of aryl methyl sites for hydroxylation is 1. The lowest BCUT2D eigenvalue weighted by molar-refractivity contribution is 0.126. The van der Waals surface area contributed by atoms with Crippen LogP contribution in [0.4, 0.5) is 5.82 Å². The van der Waals surface area contributed by atoms with E-state index in [1.807, 2.05) is 6.92 Å². The largest absolute Gasteiger partial charge is 0.393 e. The fourth-order valence-corrected chi connectivity index (χ4v) is 3.30. The maximum absolute atomic E-state index is 9.79. The molecule has 2 fully saturated rings. The molecule has 92 valence electrons. The third kappa shape index (κ3) is 1.89.